The standard InChI is InChI=1S/C30H31NO4/c1-21-18-26(15-16-28(21)32)24-13-10-23(11-14-24)20-31(30(35)25-7-3-2-4-8-25)27-9-5-6-22(19-27)12-17-29(33)34/h5-6,9-19,25,32H,2-4,7-8,20H2,1H3,(H,33,34)/b17-12+. The SMILES string of the molecule is Cc1cc(-c2ccc(CN(C(=O)C3CCCCC3)c3cccc(/C=C/C(=O)O)c3)cc2)ccc1O. The van der Waals surface area contributed by atoms with Crippen molar-refractivity contribution in [2.75, 3.05) is 4.90 Å². The molecule has 0 spiro atoms. The summed E-state index contributed by atoms with van der Waals surface area (Å²) in [6, 6.07) is 21.2. The van der Waals surface area contributed by atoms with Crippen molar-refractivity contribution in [3.05, 3.63) is 89.5 Å². The van der Waals surface area contributed by atoms with Crippen LogP contribution in [-0.4, -0.2) is 22.1 Å². The zero-order valence-corrected chi connectivity index (χ0v) is 20.0. The summed E-state index contributed by atoms with van der Waals surface area (Å²) < 4.78 is 0. The Labute approximate surface area is 206 Å². The molecule has 2 N–H and O–H groups in total. The van der Waals surface area contributed by atoms with Crippen LogP contribution in [0.5, 0.6) is 5.75 Å². The van der Waals surface area contributed by atoms with Crippen LogP contribution >= 0.6 is 0 Å². The molecule has 0 aliphatic heterocycles. The van der Waals surface area contributed by atoms with Gasteiger partial charge in [0, 0.05) is 17.7 Å². The Balaban J connectivity index is 1.61. The lowest BCUT2D eigenvalue weighted by Gasteiger charge is -2.30. The average Bonchev–Trinajstić information content (AvgIpc) is 2.88. The van der Waals surface area contributed by atoms with E-state index in [2.05, 4.69) is 0 Å². The number of hydrogen-bond acceptors (Lipinski definition) is 3. The molecule has 0 aromatic heterocycles. The maximum atomic E-state index is 13.6. The molecule has 1 fully saturated rings. The second-order valence-corrected chi connectivity index (χ2v) is 9.22. The summed E-state index contributed by atoms with van der Waals surface area (Å²) >= 11 is 0. The Kier molecular flexibility index (Phi) is 7.66. The highest BCUT2D eigenvalue weighted by Crippen LogP contribution is 2.30. The first-order chi connectivity index (χ1) is 16.9. The minimum atomic E-state index is -1.01. The number of carboxylic acid groups (broad SMARTS) is 1. The van der Waals surface area contributed by atoms with Gasteiger partial charge in [0.2, 0.25) is 5.91 Å². The number of aliphatic carboxylic acids is 1. The molecule has 1 aliphatic carbocycles. The summed E-state index contributed by atoms with van der Waals surface area (Å²) in [4.78, 5) is 26.4. The maximum absolute atomic E-state index is 13.6. The van der Waals surface area contributed by atoms with Crippen LogP contribution in [0.15, 0.2) is 72.8 Å². The number of aromatic hydroxyl groups is 1. The summed E-state index contributed by atoms with van der Waals surface area (Å²) in [5.74, 6) is -0.583. The van der Waals surface area contributed by atoms with Crippen LogP contribution in [0.4, 0.5) is 5.69 Å². The van der Waals surface area contributed by atoms with Crippen LogP contribution in [0.1, 0.15) is 48.8 Å². The normalized spacial score (nSPS) is 14.2. The molecule has 0 unspecified atom stereocenters. The second-order valence-electron chi connectivity index (χ2n) is 9.22. The molecule has 0 atom stereocenters. The third kappa shape index (κ3) is 6.18. The summed E-state index contributed by atoms with van der Waals surface area (Å²) in [6.45, 7) is 2.32. The number of hydrogen-bond donors (Lipinski definition) is 2. The van der Waals surface area contributed by atoms with E-state index in [-0.39, 0.29) is 17.6 Å². The predicted molar refractivity (Wildman–Crippen MR) is 139 cm³/mol. The van der Waals surface area contributed by atoms with Gasteiger partial charge in [0.1, 0.15) is 5.75 Å². The van der Waals surface area contributed by atoms with Gasteiger partial charge in [0.25, 0.3) is 0 Å². The van der Waals surface area contributed by atoms with Gasteiger partial charge >= 0.3 is 5.97 Å². The van der Waals surface area contributed by atoms with Gasteiger partial charge in [-0.1, -0.05) is 61.7 Å². The smallest absolute Gasteiger partial charge is 0.328 e. The van der Waals surface area contributed by atoms with Crippen molar-refractivity contribution >= 4 is 23.6 Å². The van der Waals surface area contributed by atoms with E-state index in [4.69, 9.17) is 5.11 Å². The van der Waals surface area contributed by atoms with Crippen molar-refractivity contribution in [3.63, 3.8) is 0 Å². The van der Waals surface area contributed by atoms with E-state index in [1.54, 1.807) is 12.1 Å². The molecule has 0 bridgehead atoms. The summed E-state index contributed by atoms with van der Waals surface area (Å²) in [7, 11) is 0. The molecular weight excluding hydrogens is 438 g/mol. The van der Waals surface area contributed by atoms with Gasteiger partial charge in [-0.05, 0) is 77.9 Å². The number of anilines is 1. The molecule has 1 amide bonds. The second kappa shape index (κ2) is 11.0. The molecule has 1 aliphatic rings. The monoisotopic (exact) mass is 469 g/mol. The molecule has 4 rings (SSSR count). The first-order valence-electron chi connectivity index (χ1n) is 12.1. The predicted octanol–water partition coefficient (Wildman–Crippen LogP) is 6.58. The van der Waals surface area contributed by atoms with Crippen molar-refractivity contribution < 1.29 is 19.8 Å². The molecule has 3 aromatic rings. The highest BCUT2D eigenvalue weighted by Gasteiger charge is 2.27. The van der Waals surface area contributed by atoms with E-state index < -0.39 is 5.97 Å². The van der Waals surface area contributed by atoms with Gasteiger partial charge in [0.05, 0.1) is 6.54 Å². The number of carboxylic acids is 1. The lowest BCUT2D eigenvalue weighted by Crippen LogP contribution is -2.36. The largest absolute Gasteiger partial charge is 0.508 e. The Bertz CT molecular complexity index is 1220. The van der Waals surface area contributed by atoms with Gasteiger partial charge in [-0.25, -0.2) is 4.79 Å². The van der Waals surface area contributed by atoms with Crippen LogP contribution in [0.3, 0.4) is 0 Å². The van der Waals surface area contributed by atoms with Crippen LogP contribution in [0.25, 0.3) is 17.2 Å². The number of nitrogens with zero attached hydrogens (tertiary/aromatic N) is 1. The van der Waals surface area contributed by atoms with Crippen molar-refractivity contribution in [2.45, 2.75) is 45.6 Å². The van der Waals surface area contributed by atoms with E-state index in [1.165, 1.54) is 6.42 Å². The van der Waals surface area contributed by atoms with Crippen molar-refractivity contribution in [1.29, 1.82) is 0 Å². The number of carbonyl (C=O) groups excluding carboxylic acids is 1. The molecule has 5 heteroatoms. The summed E-state index contributed by atoms with van der Waals surface area (Å²) in [5, 5.41) is 18.8. The lowest BCUT2D eigenvalue weighted by molar-refractivity contribution is -0.131. The Hall–Kier alpha value is -3.86. The molecular formula is C30H31NO4. The first kappa shape index (κ1) is 24.3. The number of rotatable bonds is 7. The van der Waals surface area contributed by atoms with Gasteiger partial charge in [-0.2, -0.15) is 0 Å². The van der Waals surface area contributed by atoms with E-state index in [1.807, 2.05) is 72.5 Å². The highest BCUT2D eigenvalue weighted by atomic mass is 16.4. The van der Waals surface area contributed by atoms with Crippen molar-refractivity contribution in [3.8, 4) is 16.9 Å². The number of amides is 1. The molecule has 0 radical (unpaired) electrons. The van der Waals surface area contributed by atoms with Gasteiger partial charge in [-0.3, -0.25) is 4.79 Å². The minimum absolute atomic E-state index is 0.0150. The number of aryl methyl sites for hydroxylation is 1. The summed E-state index contributed by atoms with van der Waals surface area (Å²) in [5.41, 5.74) is 5.42. The van der Waals surface area contributed by atoms with Crippen LogP contribution in [-0.2, 0) is 16.1 Å². The average molecular weight is 470 g/mol. The third-order valence-electron chi connectivity index (χ3n) is 6.65. The van der Waals surface area contributed by atoms with E-state index in [0.717, 1.165) is 65.3 Å². The number of benzene rings is 3. The lowest BCUT2D eigenvalue weighted by atomic mass is 9.88. The van der Waals surface area contributed by atoms with Crippen molar-refractivity contribution in [2.24, 2.45) is 5.92 Å². The molecule has 5 nitrogen and oxygen atoms in total. The molecule has 0 heterocycles. The van der Waals surface area contributed by atoms with Gasteiger partial charge in [0.15, 0.2) is 0 Å². The van der Waals surface area contributed by atoms with Gasteiger partial charge in [-0.15, -0.1) is 0 Å². The molecule has 35 heavy (non-hydrogen) atoms. The summed E-state index contributed by atoms with van der Waals surface area (Å²) in [6.07, 6.45) is 7.80. The number of phenols is 1. The first-order valence-corrected chi connectivity index (χ1v) is 12.1. The topological polar surface area (TPSA) is 77.8 Å². The van der Waals surface area contributed by atoms with Crippen molar-refractivity contribution in [1.82, 2.24) is 0 Å². The van der Waals surface area contributed by atoms with E-state index in [0.29, 0.717) is 6.54 Å². The van der Waals surface area contributed by atoms with Gasteiger partial charge < -0.3 is 15.1 Å². The number of carbonyl (C=O) groups is 2. The molecule has 180 valence electrons. The Morgan fingerprint density at radius 3 is 2.34 bits per heavy atom. The quantitative estimate of drug-likeness (QED) is 0.383. The van der Waals surface area contributed by atoms with Crippen LogP contribution in [0, 0.1) is 12.8 Å². The molecule has 3 aromatic carbocycles. The number of phenolic OH excluding ortho intramolecular Hbond substituents is 1. The molecule has 1 saturated carbocycles. The van der Waals surface area contributed by atoms with Crippen LogP contribution in [0.2, 0.25) is 0 Å². The van der Waals surface area contributed by atoms with Crippen LogP contribution < -0.4 is 4.90 Å². The minimum Gasteiger partial charge on any atom is -0.508 e. The zero-order valence-electron chi connectivity index (χ0n) is 20.0. The van der Waals surface area contributed by atoms with E-state index >= 15 is 0 Å². The Morgan fingerprint density at radius 2 is 1.66 bits per heavy atom. The zero-order chi connectivity index (χ0) is 24.8. The Morgan fingerprint density at radius 1 is 0.943 bits per heavy atom. The fourth-order valence-electron chi connectivity index (χ4n) is 4.65. The third-order valence-corrected chi connectivity index (χ3v) is 6.65. The molecule has 0 saturated heterocycles. The fourth-order valence-corrected chi connectivity index (χ4v) is 4.65. The highest BCUT2D eigenvalue weighted by molar-refractivity contribution is 5.95. The van der Waals surface area contributed by atoms with E-state index in [9.17, 15) is 14.7 Å². The fraction of sp³-hybridized carbons (Fsp3) is 0.267. The maximum Gasteiger partial charge on any atom is 0.328 e.